The third-order valence-electron chi connectivity index (χ3n) is 6.45. The number of nitrogens with zero attached hydrogens (tertiary/aromatic N) is 1. The second kappa shape index (κ2) is 10.2. The summed E-state index contributed by atoms with van der Waals surface area (Å²) in [4.78, 5) is 27.0. The summed E-state index contributed by atoms with van der Waals surface area (Å²) in [6.45, 7) is 3.21. The molecular formula is C26H32N2O4. The summed E-state index contributed by atoms with van der Waals surface area (Å²) < 4.78 is 11.3. The van der Waals surface area contributed by atoms with Crippen LogP contribution in [0.5, 0.6) is 5.75 Å². The fourth-order valence-corrected chi connectivity index (χ4v) is 4.62. The molecule has 3 atom stereocenters. The Morgan fingerprint density at radius 1 is 1.16 bits per heavy atom. The molecule has 1 saturated carbocycles. The molecule has 6 heteroatoms. The molecule has 1 heterocycles. The van der Waals surface area contributed by atoms with Crippen LogP contribution in [-0.4, -0.2) is 31.6 Å². The number of carbonyl (C=O) groups is 2. The molecule has 0 radical (unpaired) electrons. The van der Waals surface area contributed by atoms with Gasteiger partial charge in [-0.1, -0.05) is 31.9 Å². The number of hydrogen-bond donors (Lipinski definition) is 1. The molecule has 1 N–H and O–H groups in total. The predicted molar refractivity (Wildman–Crippen MR) is 125 cm³/mol. The van der Waals surface area contributed by atoms with Crippen molar-refractivity contribution in [3.05, 3.63) is 54.1 Å². The molecule has 2 aromatic rings. The van der Waals surface area contributed by atoms with E-state index in [1.165, 1.54) is 12.8 Å². The van der Waals surface area contributed by atoms with Gasteiger partial charge in [-0.25, -0.2) is 0 Å². The van der Waals surface area contributed by atoms with Crippen molar-refractivity contribution in [1.29, 1.82) is 0 Å². The maximum Gasteiger partial charge on any atom is 0.229 e. The van der Waals surface area contributed by atoms with Crippen molar-refractivity contribution in [3.63, 3.8) is 0 Å². The molecule has 32 heavy (non-hydrogen) atoms. The Balaban J connectivity index is 1.32. The number of ether oxygens (including phenoxy) is 2. The Hall–Kier alpha value is -2.86. The highest BCUT2D eigenvalue weighted by Gasteiger charge is 2.35. The highest BCUT2D eigenvalue weighted by atomic mass is 16.5. The zero-order valence-electron chi connectivity index (χ0n) is 18.9. The van der Waals surface area contributed by atoms with Gasteiger partial charge in [0.15, 0.2) is 0 Å². The van der Waals surface area contributed by atoms with Gasteiger partial charge < -0.3 is 19.7 Å². The molecule has 2 aromatic carbocycles. The van der Waals surface area contributed by atoms with E-state index < -0.39 is 0 Å². The van der Waals surface area contributed by atoms with E-state index in [9.17, 15) is 9.59 Å². The van der Waals surface area contributed by atoms with Crippen molar-refractivity contribution in [1.82, 2.24) is 0 Å². The Kier molecular flexibility index (Phi) is 7.10. The van der Waals surface area contributed by atoms with Crippen LogP contribution in [0, 0.1) is 11.8 Å². The number of hydrogen-bond acceptors (Lipinski definition) is 4. The summed E-state index contributed by atoms with van der Waals surface area (Å²) in [6, 6.07) is 15.1. The molecule has 2 fully saturated rings. The number of carbonyl (C=O) groups excluding carboxylic acids is 2. The van der Waals surface area contributed by atoms with Crippen LogP contribution in [0.15, 0.2) is 48.5 Å². The molecule has 6 nitrogen and oxygen atoms in total. The van der Waals surface area contributed by atoms with E-state index in [1.807, 2.05) is 48.5 Å². The average Bonchev–Trinajstić information content (AvgIpc) is 3.20. The zero-order chi connectivity index (χ0) is 22.5. The minimum atomic E-state index is -0.381. The molecule has 0 aromatic heterocycles. The fourth-order valence-electron chi connectivity index (χ4n) is 4.62. The van der Waals surface area contributed by atoms with E-state index in [2.05, 4.69) is 12.2 Å². The van der Waals surface area contributed by atoms with Gasteiger partial charge >= 0.3 is 0 Å². The highest BCUT2D eigenvalue weighted by Crippen LogP contribution is 2.28. The van der Waals surface area contributed by atoms with Gasteiger partial charge in [0.05, 0.1) is 25.7 Å². The van der Waals surface area contributed by atoms with Crippen LogP contribution < -0.4 is 15.0 Å². The van der Waals surface area contributed by atoms with E-state index >= 15 is 0 Å². The standard InChI is InChI=1S/C26H32N2O4/c1-18-5-3-8-24(13-18)32-17-19-6-4-7-21(14-19)27-26(30)20-15-25(29)28(16-20)22-9-11-23(31-2)12-10-22/h4,6-7,9-12,14,18,20,24H,3,5,8,13,15-17H2,1-2H3,(H,27,30). The SMILES string of the molecule is COc1ccc(N2CC(C(=O)Nc3cccc(COC4CCCC(C)C4)c3)CC2=O)cc1. The molecular weight excluding hydrogens is 404 g/mol. The maximum atomic E-state index is 12.8. The Morgan fingerprint density at radius 2 is 1.97 bits per heavy atom. The van der Waals surface area contributed by atoms with Gasteiger partial charge in [-0.3, -0.25) is 9.59 Å². The molecule has 1 aliphatic carbocycles. The van der Waals surface area contributed by atoms with Crippen LogP contribution in [0.4, 0.5) is 11.4 Å². The van der Waals surface area contributed by atoms with E-state index in [4.69, 9.17) is 9.47 Å². The van der Waals surface area contributed by atoms with Gasteiger partial charge in [-0.15, -0.1) is 0 Å². The third-order valence-corrected chi connectivity index (χ3v) is 6.45. The first-order valence-corrected chi connectivity index (χ1v) is 11.5. The smallest absolute Gasteiger partial charge is 0.229 e. The molecule has 2 amide bonds. The first-order chi connectivity index (χ1) is 15.5. The average molecular weight is 437 g/mol. The molecule has 1 saturated heterocycles. The van der Waals surface area contributed by atoms with E-state index in [-0.39, 0.29) is 24.2 Å². The second-order valence-corrected chi connectivity index (χ2v) is 9.00. The highest BCUT2D eigenvalue weighted by molar-refractivity contribution is 6.03. The number of amides is 2. The van der Waals surface area contributed by atoms with Crippen molar-refractivity contribution in [2.75, 3.05) is 23.9 Å². The number of benzene rings is 2. The van der Waals surface area contributed by atoms with Crippen LogP contribution in [-0.2, 0) is 20.9 Å². The van der Waals surface area contributed by atoms with Crippen molar-refractivity contribution >= 4 is 23.2 Å². The molecule has 170 valence electrons. The number of methoxy groups -OCH3 is 1. The molecule has 4 rings (SSSR count). The van der Waals surface area contributed by atoms with Gasteiger partial charge in [0.2, 0.25) is 11.8 Å². The topological polar surface area (TPSA) is 67.9 Å². The van der Waals surface area contributed by atoms with Gasteiger partial charge in [0.25, 0.3) is 0 Å². The van der Waals surface area contributed by atoms with Crippen molar-refractivity contribution in [3.8, 4) is 5.75 Å². The Labute approximate surface area is 189 Å². The second-order valence-electron chi connectivity index (χ2n) is 9.00. The third kappa shape index (κ3) is 5.49. The lowest BCUT2D eigenvalue weighted by Crippen LogP contribution is -2.28. The monoisotopic (exact) mass is 436 g/mol. The summed E-state index contributed by atoms with van der Waals surface area (Å²) in [6.07, 6.45) is 5.31. The zero-order valence-corrected chi connectivity index (χ0v) is 18.9. The normalized spacial score (nSPS) is 23.2. The number of nitrogens with one attached hydrogen (secondary N) is 1. The molecule has 1 aliphatic heterocycles. The molecule has 0 bridgehead atoms. The van der Waals surface area contributed by atoms with E-state index in [1.54, 1.807) is 12.0 Å². The minimum Gasteiger partial charge on any atom is -0.497 e. The summed E-state index contributed by atoms with van der Waals surface area (Å²) in [5.74, 6) is 0.906. The largest absolute Gasteiger partial charge is 0.497 e. The van der Waals surface area contributed by atoms with Gasteiger partial charge in [-0.2, -0.15) is 0 Å². The van der Waals surface area contributed by atoms with Crippen LogP contribution >= 0.6 is 0 Å². The maximum absolute atomic E-state index is 12.8. The van der Waals surface area contributed by atoms with Gasteiger partial charge in [0, 0.05) is 24.3 Å². The summed E-state index contributed by atoms with van der Waals surface area (Å²) in [7, 11) is 1.61. The fraction of sp³-hybridized carbons (Fsp3) is 0.462. The van der Waals surface area contributed by atoms with Crippen LogP contribution in [0.25, 0.3) is 0 Å². The predicted octanol–water partition coefficient (Wildman–Crippen LogP) is 4.78. The lowest BCUT2D eigenvalue weighted by Gasteiger charge is -2.26. The molecule has 2 aliphatic rings. The van der Waals surface area contributed by atoms with Gasteiger partial charge in [-0.05, 0) is 60.7 Å². The molecule has 3 unspecified atom stereocenters. The van der Waals surface area contributed by atoms with Crippen molar-refractivity contribution in [2.45, 2.75) is 51.7 Å². The minimum absolute atomic E-state index is 0.0424. The molecule has 0 spiro atoms. The lowest BCUT2D eigenvalue weighted by atomic mass is 9.89. The van der Waals surface area contributed by atoms with Crippen molar-refractivity contribution in [2.24, 2.45) is 11.8 Å². The summed E-state index contributed by atoms with van der Waals surface area (Å²) >= 11 is 0. The quantitative estimate of drug-likeness (QED) is 0.678. The van der Waals surface area contributed by atoms with Crippen molar-refractivity contribution < 1.29 is 19.1 Å². The van der Waals surface area contributed by atoms with E-state index in [0.29, 0.717) is 19.3 Å². The number of anilines is 2. The summed E-state index contributed by atoms with van der Waals surface area (Å²) in [5.41, 5.74) is 2.56. The van der Waals surface area contributed by atoms with Crippen LogP contribution in [0.1, 0.15) is 44.6 Å². The number of rotatable bonds is 7. The first kappa shape index (κ1) is 22.3. The summed E-state index contributed by atoms with van der Waals surface area (Å²) in [5, 5.41) is 2.99. The lowest BCUT2D eigenvalue weighted by molar-refractivity contribution is -0.122. The van der Waals surface area contributed by atoms with Crippen LogP contribution in [0.2, 0.25) is 0 Å². The first-order valence-electron chi connectivity index (χ1n) is 11.5. The van der Waals surface area contributed by atoms with E-state index in [0.717, 1.165) is 41.4 Å². The van der Waals surface area contributed by atoms with Gasteiger partial charge in [0.1, 0.15) is 5.75 Å². The Morgan fingerprint density at radius 3 is 2.72 bits per heavy atom. The Bertz CT molecular complexity index is 943. The van der Waals surface area contributed by atoms with Crippen LogP contribution in [0.3, 0.4) is 0 Å².